The molecule has 82 valence electrons. The normalized spacial score (nSPS) is 26.6. The molecular formula is C14H21N. The van der Waals surface area contributed by atoms with Crippen LogP contribution in [0.5, 0.6) is 0 Å². The van der Waals surface area contributed by atoms with Crippen molar-refractivity contribution in [2.45, 2.75) is 39.7 Å². The van der Waals surface area contributed by atoms with Crippen LogP contribution in [0.15, 0.2) is 18.2 Å². The predicted octanol–water partition coefficient (Wildman–Crippen LogP) is 3.36. The molecule has 0 bridgehead atoms. The lowest BCUT2D eigenvalue weighted by atomic mass is 9.89. The zero-order valence-corrected chi connectivity index (χ0v) is 10.0. The number of hydrogen-bond donors (Lipinski definition) is 1. The minimum Gasteiger partial charge on any atom is -0.310 e. The summed E-state index contributed by atoms with van der Waals surface area (Å²) in [4.78, 5) is 0. The Bertz CT molecular complexity index is 323. The third-order valence-electron chi connectivity index (χ3n) is 3.31. The highest BCUT2D eigenvalue weighted by Crippen LogP contribution is 2.27. The lowest BCUT2D eigenvalue weighted by Crippen LogP contribution is -2.30. The van der Waals surface area contributed by atoms with Crippen LogP contribution in [0.2, 0.25) is 0 Å². The zero-order chi connectivity index (χ0) is 10.8. The van der Waals surface area contributed by atoms with Gasteiger partial charge in [-0.2, -0.15) is 0 Å². The van der Waals surface area contributed by atoms with Gasteiger partial charge in [-0.15, -0.1) is 0 Å². The summed E-state index contributed by atoms with van der Waals surface area (Å²) < 4.78 is 0. The van der Waals surface area contributed by atoms with E-state index >= 15 is 0 Å². The van der Waals surface area contributed by atoms with Crippen molar-refractivity contribution in [1.29, 1.82) is 0 Å². The Labute approximate surface area is 92.9 Å². The van der Waals surface area contributed by atoms with Crippen LogP contribution in [0, 0.1) is 19.8 Å². The van der Waals surface area contributed by atoms with Crippen LogP contribution in [0.4, 0.5) is 0 Å². The highest BCUT2D eigenvalue weighted by Gasteiger charge is 2.19. The summed E-state index contributed by atoms with van der Waals surface area (Å²) in [6.07, 6.45) is 2.60. The standard InChI is InChI=1S/C14H21N/c1-10-4-5-15-14(9-10)13-7-11(2)6-12(3)8-13/h6-8,10,14-15H,4-5,9H2,1-3H3. The van der Waals surface area contributed by atoms with Crippen LogP contribution < -0.4 is 5.32 Å². The van der Waals surface area contributed by atoms with Crippen molar-refractivity contribution in [1.82, 2.24) is 5.32 Å². The summed E-state index contributed by atoms with van der Waals surface area (Å²) in [5, 5.41) is 3.62. The molecule has 0 radical (unpaired) electrons. The van der Waals surface area contributed by atoms with Gasteiger partial charge >= 0.3 is 0 Å². The molecule has 2 rings (SSSR count). The molecule has 1 aliphatic heterocycles. The Hall–Kier alpha value is -0.820. The largest absolute Gasteiger partial charge is 0.310 e. The van der Waals surface area contributed by atoms with Gasteiger partial charge < -0.3 is 5.32 Å². The average molecular weight is 203 g/mol. The lowest BCUT2D eigenvalue weighted by Gasteiger charge is -2.29. The number of benzene rings is 1. The zero-order valence-electron chi connectivity index (χ0n) is 10.0. The topological polar surface area (TPSA) is 12.0 Å². The molecule has 1 N–H and O–H groups in total. The molecule has 0 aliphatic carbocycles. The molecule has 1 fully saturated rings. The monoisotopic (exact) mass is 203 g/mol. The summed E-state index contributed by atoms with van der Waals surface area (Å²) in [6, 6.07) is 7.47. The molecule has 0 amide bonds. The highest BCUT2D eigenvalue weighted by atomic mass is 14.9. The fourth-order valence-electron chi connectivity index (χ4n) is 2.57. The van der Waals surface area contributed by atoms with Gasteiger partial charge in [-0.05, 0) is 44.7 Å². The quantitative estimate of drug-likeness (QED) is 0.738. The van der Waals surface area contributed by atoms with Crippen LogP contribution in [-0.2, 0) is 0 Å². The number of hydrogen-bond acceptors (Lipinski definition) is 1. The van der Waals surface area contributed by atoms with Gasteiger partial charge in [0.1, 0.15) is 0 Å². The lowest BCUT2D eigenvalue weighted by molar-refractivity contribution is 0.325. The van der Waals surface area contributed by atoms with Gasteiger partial charge in [0, 0.05) is 6.04 Å². The van der Waals surface area contributed by atoms with E-state index in [1.165, 1.54) is 36.1 Å². The van der Waals surface area contributed by atoms with Gasteiger partial charge in [-0.3, -0.25) is 0 Å². The maximum Gasteiger partial charge on any atom is 0.0322 e. The molecular weight excluding hydrogens is 182 g/mol. The summed E-state index contributed by atoms with van der Waals surface area (Å²) in [5.41, 5.74) is 4.23. The second kappa shape index (κ2) is 4.36. The van der Waals surface area contributed by atoms with E-state index in [1.54, 1.807) is 0 Å². The first kappa shape index (κ1) is 10.7. The molecule has 1 nitrogen and oxygen atoms in total. The molecule has 0 spiro atoms. The summed E-state index contributed by atoms with van der Waals surface area (Å²) in [5.74, 6) is 0.858. The van der Waals surface area contributed by atoms with E-state index in [4.69, 9.17) is 0 Å². The van der Waals surface area contributed by atoms with Gasteiger partial charge in [0.15, 0.2) is 0 Å². The fraction of sp³-hybridized carbons (Fsp3) is 0.571. The molecule has 1 aliphatic rings. The van der Waals surface area contributed by atoms with E-state index in [0.717, 1.165) is 5.92 Å². The summed E-state index contributed by atoms with van der Waals surface area (Å²) in [6.45, 7) is 7.89. The van der Waals surface area contributed by atoms with Crippen LogP contribution in [0.25, 0.3) is 0 Å². The van der Waals surface area contributed by atoms with E-state index in [9.17, 15) is 0 Å². The van der Waals surface area contributed by atoms with Crippen molar-refractivity contribution in [2.24, 2.45) is 5.92 Å². The van der Waals surface area contributed by atoms with Crippen molar-refractivity contribution >= 4 is 0 Å². The molecule has 1 heteroatoms. The van der Waals surface area contributed by atoms with E-state index < -0.39 is 0 Å². The van der Waals surface area contributed by atoms with Gasteiger partial charge in [0.25, 0.3) is 0 Å². The van der Waals surface area contributed by atoms with E-state index in [1.807, 2.05) is 0 Å². The number of aryl methyl sites for hydroxylation is 2. The van der Waals surface area contributed by atoms with Gasteiger partial charge in [-0.25, -0.2) is 0 Å². The van der Waals surface area contributed by atoms with Crippen molar-refractivity contribution in [3.05, 3.63) is 34.9 Å². The van der Waals surface area contributed by atoms with E-state index in [-0.39, 0.29) is 0 Å². The highest BCUT2D eigenvalue weighted by molar-refractivity contribution is 5.30. The SMILES string of the molecule is Cc1cc(C)cc(C2CC(C)CCN2)c1. The Morgan fingerprint density at radius 1 is 1.13 bits per heavy atom. The van der Waals surface area contributed by atoms with Crippen LogP contribution in [0.3, 0.4) is 0 Å². The smallest absolute Gasteiger partial charge is 0.0322 e. The van der Waals surface area contributed by atoms with Crippen molar-refractivity contribution in [2.75, 3.05) is 6.54 Å². The molecule has 1 saturated heterocycles. The Morgan fingerprint density at radius 2 is 1.80 bits per heavy atom. The van der Waals surface area contributed by atoms with Crippen LogP contribution >= 0.6 is 0 Å². The summed E-state index contributed by atoms with van der Waals surface area (Å²) in [7, 11) is 0. The van der Waals surface area contributed by atoms with Crippen molar-refractivity contribution < 1.29 is 0 Å². The third kappa shape index (κ3) is 2.60. The van der Waals surface area contributed by atoms with Gasteiger partial charge in [0.2, 0.25) is 0 Å². The molecule has 0 aromatic heterocycles. The predicted molar refractivity (Wildman–Crippen MR) is 65.1 cm³/mol. The van der Waals surface area contributed by atoms with Crippen LogP contribution in [-0.4, -0.2) is 6.54 Å². The minimum atomic E-state index is 0.576. The van der Waals surface area contributed by atoms with Crippen molar-refractivity contribution in [3.8, 4) is 0 Å². The molecule has 15 heavy (non-hydrogen) atoms. The van der Waals surface area contributed by atoms with Crippen molar-refractivity contribution in [3.63, 3.8) is 0 Å². The minimum absolute atomic E-state index is 0.576. The molecule has 1 aromatic carbocycles. The Kier molecular flexibility index (Phi) is 3.11. The van der Waals surface area contributed by atoms with E-state index in [0.29, 0.717) is 6.04 Å². The number of rotatable bonds is 1. The second-order valence-electron chi connectivity index (χ2n) is 5.06. The fourth-order valence-corrected chi connectivity index (χ4v) is 2.57. The first-order valence-corrected chi connectivity index (χ1v) is 5.97. The molecule has 1 heterocycles. The molecule has 1 aromatic rings. The second-order valence-corrected chi connectivity index (χ2v) is 5.06. The first-order chi connectivity index (χ1) is 7.15. The Morgan fingerprint density at radius 3 is 2.40 bits per heavy atom. The maximum absolute atomic E-state index is 3.62. The maximum atomic E-state index is 3.62. The average Bonchev–Trinajstić information content (AvgIpc) is 2.16. The summed E-state index contributed by atoms with van der Waals surface area (Å²) >= 11 is 0. The van der Waals surface area contributed by atoms with Crippen LogP contribution in [0.1, 0.15) is 42.5 Å². The first-order valence-electron chi connectivity index (χ1n) is 5.97. The number of piperidine rings is 1. The molecule has 2 atom stereocenters. The third-order valence-corrected chi connectivity index (χ3v) is 3.31. The van der Waals surface area contributed by atoms with Gasteiger partial charge in [0.05, 0.1) is 0 Å². The van der Waals surface area contributed by atoms with Gasteiger partial charge in [-0.1, -0.05) is 36.2 Å². The number of nitrogens with one attached hydrogen (secondary N) is 1. The molecule has 0 saturated carbocycles. The Balaban J connectivity index is 2.20. The molecule has 2 unspecified atom stereocenters. The van der Waals surface area contributed by atoms with E-state index in [2.05, 4.69) is 44.3 Å².